The molecule has 0 atom stereocenters. The smallest absolute Gasteiger partial charge is 0.329 e. The molecule has 2 rings (SSSR count). The van der Waals surface area contributed by atoms with Crippen LogP contribution in [0.2, 0.25) is 0 Å². The van der Waals surface area contributed by atoms with Crippen LogP contribution >= 0.6 is 0 Å². The zero-order chi connectivity index (χ0) is 19.3. The molecule has 0 aliphatic rings. The van der Waals surface area contributed by atoms with Gasteiger partial charge in [0.25, 0.3) is 0 Å². The van der Waals surface area contributed by atoms with E-state index in [0.29, 0.717) is 17.0 Å². The van der Waals surface area contributed by atoms with Crippen LogP contribution in [0.1, 0.15) is 23.6 Å². The second-order valence-electron chi connectivity index (χ2n) is 5.80. The largest absolute Gasteiger partial charge is 0.504 e. The maximum Gasteiger partial charge on any atom is 0.329 e. The topological polar surface area (TPSA) is 100 Å². The minimum absolute atomic E-state index is 0.000862. The highest BCUT2D eigenvalue weighted by atomic mass is 16.5. The van der Waals surface area contributed by atoms with Crippen molar-refractivity contribution < 1.29 is 19.4 Å². The number of ether oxygens (including phenoxy) is 1. The number of aromatic hydroxyl groups is 1. The van der Waals surface area contributed by atoms with Crippen molar-refractivity contribution in [2.45, 2.75) is 20.8 Å². The molecule has 2 amide bonds. The lowest BCUT2D eigenvalue weighted by molar-refractivity contribution is -0.136. The van der Waals surface area contributed by atoms with E-state index in [-0.39, 0.29) is 11.5 Å². The van der Waals surface area contributed by atoms with E-state index in [9.17, 15) is 14.7 Å². The first-order valence-corrected chi connectivity index (χ1v) is 7.92. The Kier molecular flexibility index (Phi) is 5.95. The molecule has 7 heteroatoms. The molecule has 2 aromatic rings. The quantitative estimate of drug-likeness (QED) is 0.446. The van der Waals surface area contributed by atoms with Gasteiger partial charge in [-0.1, -0.05) is 17.7 Å². The van der Waals surface area contributed by atoms with E-state index in [1.165, 1.54) is 13.2 Å². The summed E-state index contributed by atoms with van der Waals surface area (Å²) in [6, 6.07) is 10.2. The van der Waals surface area contributed by atoms with Crippen LogP contribution in [0.25, 0.3) is 0 Å². The number of benzene rings is 2. The average Bonchev–Trinajstić information content (AvgIpc) is 2.62. The Bertz CT molecular complexity index is 875. The van der Waals surface area contributed by atoms with Gasteiger partial charge in [0.2, 0.25) is 0 Å². The number of hydrogen-bond acceptors (Lipinski definition) is 5. The lowest BCUT2D eigenvalue weighted by Crippen LogP contribution is -2.33. The molecule has 0 saturated heterocycles. The fraction of sp³-hybridized carbons (Fsp3) is 0.211. The number of carbonyl (C=O) groups excluding carboxylic acids is 2. The molecule has 0 aliphatic heterocycles. The Balaban J connectivity index is 2.04. The van der Waals surface area contributed by atoms with Crippen LogP contribution in [0.15, 0.2) is 41.5 Å². The summed E-state index contributed by atoms with van der Waals surface area (Å²) < 4.78 is 5.03. The molecule has 0 fully saturated rings. The van der Waals surface area contributed by atoms with Crippen LogP contribution in [-0.2, 0) is 9.59 Å². The highest BCUT2D eigenvalue weighted by Crippen LogP contribution is 2.26. The zero-order valence-corrected chi connectivity index (χ0v) is 15.1. The van der Waals surface area contributed by atoms with Gasteiger partial charge in [-0.3, -0.25) is 9.59 Å². The van der Waals surface area contributed by atoms with Crippen LogP contribution in [0, 0.1) is 13.8 Å². The summed E-state index contributed by atoms with van der Waals surface area (Å²) in [6.07, 6.45) is 0. The summed E-state index contributed by atoms with van der Waals surface area (Å²) in [6.45, 7) is 5.45. The number of carbonyl (C=O) groups is 2. The molecule has 136 valence electrons. The van der Waals surface area contributed by atoms with Crippen molar-refractivity contribution in [3.8, 4) is 11.5 Å². The van der Waals surface area contributed by atoms with Crippen molar-refractivity contribution in [2.24, 2.45) is 5.10 Å². The fourth-order valence-corrected chi connectivity index (χ4v) is 2.29. The number of hydrogen-bond donors (Lipinski definition) is 3. The molecular formula is C19H21N3O4. The lowest BCUT2D eigenvalue weighted by atomic mass is 10.1. The monoisotopic (exact) mass is 355 g/mol. The summed E-state index contributed by atoms with van der Waals surface area (Å²) in [4.78, 5) is 23.9. The Morgan fingerprint density at radius 2 is 1.81 bits per heavy atom. The van der Waals surface area contributed by atoms with E-state index in [1.807, 2.05) is 26.0 Å². The van der Waals surface area contributed by atoms with Gasteiger partial charge in [0.05, 0.1) is 12.8 Å². The van der Waals surface area contributed by atoms with Crippen molar-refractivity contribution in [1.82, 2.24) is 5.43 Å². The lowest BCUT2D eigenvalue weighted by Gasteiger charge is -2.09. The SMILES string of the molecule is COc1cc(/C(C)=N/NC(=O)C(=O)Nc2ccc(C)cc2C)ccc1O. The maximum atomic E-state index is 12.0. The highest BCUT2D eigenvalue weighted by Gasteiger charge is 2.14. The predicted octanol–water partition coefficient (Wildman–Crippen LogP) is 2.50. The minimum atomic E-state index is -0.880. The van der Waals surface area contributed by atoms with E-state index in [4.69, 9.17) is 4.74 Å². The molecule has 0 unspecified atom stereocenters. The number of phenolic OH excluding ortho intramolecular Hbond substituents is 1. The van der Waals surface area contributed by atoms with Gasteiger partial charge < -0.3 is 15.2 Å². The zero-order valence-electron chi connectivity index (χ0n) is 15.1. The molecule has 0 radical (unpaired) electrons. The van der Waals surface area contributed by atoms with Gasteiger partial charge in [0, 0.05) is 11.3 Å². The standard InChI is InChI=1S/C19H21N3O4/c1-11-5-7-15(12(2)9-11)20-18(24)19(25)22-21-13(3)14-6-8-16(23)17(10-14)26-4/h5-10,23H,1-4H3,(H,20,24)(H,22,25)/b21-13+. The number of anilines is 1. The number of nitrogens with one attached hydrogen (secondary N) is 2. The van der Waals surface area contributed by atoms with Crippen LogP contribution in [-0.4, -0.2) is 29.7 Å². The normalized spacial score (nSPS) is 11.0. The molecular weight excluding hydrogens is 334 g/mol. The van der Waals surface area contributed by atoms with E-state index < -0.39 is 11.8 Å². The van der Waals surface area contributed by atoms with Crippen molar-refractivity contribution >= 4 is 23.2 Å². The molecule has 0 spiro atoms. The van der Waals surface area contributed by atoms with E-state index in [1.54, 1.807) is 25.1 Å². The third-order valence-corrected chi connectivity index (χ3v) is 3.76. The molecule has 2 aromatic carbocycles. The molecule has 0 aliphatic carbocycles. The first kappa shape index (κ1) is 19.0. The summed E-state index contributed by atoms with van der Waals surface area (Å²) in [5.41, 5.74) is 5.80. The van der Waals surface area contributed by atoms with Gasteiger partial charge >= 0.3 is 11.8 Å². The second kappa shape index (κ2) is 8.15. The molecule has 7 nitrogen and oxygen atoms in total. The first-order valence-electron chi connectivity index (χ1n) is 7.92. The average molecular weight is 355 g/mol. The van der Waals surface area contributed by atoms with Crippen molar-refractivity contribution in [1.29, 1.82) is 0 Å². The van der Waals surface area contributed by atoms with Gasteiger partial charge in [-0.15, -0.1) is 0 Å². The summed E-state index contributed by atoms with van der Waals surface area (Å²) in [7, 11) is 1.44. The molecule has 0 aromatic heterocycles. The number of phenols is 1. The molecule has 0 saturated carbocycles. The van der Waals surface area contributed by atoms with Crippen LogP contribution in [0.5, 0.6) is 11.5 Å². The summed E-state index contributed by atoms with van der Waals surface area (Å²) in [5, 5.41) is 16.1. The number of hydrazone groups is 1. The van der Waals surface area contributed by atoms with Crippen LogP contribution in [0.3, 0.4) is 0 Å². The number of aryl methyl sites for hydroxylation is 2. The van der Waals surface area contributed by atoms with E-state index >= 15 is 0 Å². The van der Waals surface area contributed by atoms with Crippen molar-refractivity contribution in [2.75, 3.05) is 12.4 Å². The van der Waals surface area contributed by atoms with Crippen LogP contribution < -0.4 is 15.5 Å². The van der Waals surface area contributed by atoms with E-state index in [0.717, 1.165) is 11.1 Å². The van der Waals surface area contributed by atoms with E-state index in [2.05, 4.69) is 15.8 Å². The first-order chi connectivity index (χ1) is 12.3. The Hall–Kier alpha value is -3.35. The minimum Gasteiger partial charge on any atom is -0.504 e. The van der Waals surface area contributed by atoms with Crippen molar-refractivity contribution in [3.05, 3.63) is 53.1 Å². The summed E-state index contributed by atoms with van der Waals surface area (Å²) in [5.74, 6) is -1.40. The highest BCUT2D eigenvalue weighted by molar-refractivity contribution is 6.39. The van der Waals surface area contributed by atoms with Gasteiger partial charge in [-0.25, -0.2) is 5.43 Å². The Morgan fingerprint density at radius 1 is 1.08 bits per heavy atom. The molecule has 26 heavy (non-hydrogen) atoms. The molecule has 3 N–H and O–H groups in total. The molecule has 0 bridgehead atoms. The maximum absolute atomic E-state index is 12.0. The van der Waals surface area contributed by atoms with Crippen LogP contribution in [0.4, 0.5) is 5.69 Å². The Morgan fingerprint density at radius 3 is 2.46 bits per heavy atom. The van der Waals surface area contributed by atoms with Gasteiger partial charge in [-0.2, -0.15) is 5.10 Å². The Labute approximate surface area is 151 Å². The number of amides is 2. The fourth-order valence-electron chi connectivity index (χ4n) is 2.29. The number of rotatable bonds is 4. The van der Waals surface area contributed by atoms with Crippen molar-refractivity contribution in [3.63, 3.8) is 0 Å². The predicted molar refractivity (Wildman–Crippen MR) is 99.6 cm³/mol. The molecule has 0 heterocycles. The van der Waals surface area contributed by atoms with Gasteiger partial charge in [0.1, 0.15) is 0 Å². The second-order valence-corrected chi connectivity index (χ2v) is 5.80. The number of methoxy groups -OCH3 is 1. The van der Waals surface area contributed by atoms with Gasteiger partial charge in [0.15, 0.2) is 11.5 Å². The third kappa shape index (κ3) is 4.60. The summed E-state index contributed by atoms with van der Waals surface area (Å²) >= 11 is 0. The number of nitrogens with zero attached hydrogens (tertiary/aromatic N) is 1. The van der Waals surface area contributed by atoms with Gasteiger partial charge in [-0.05, 0) is 50.6 Å². The third-order valence-electron chi connectivity index (χ3n) is 3.76.